The molecule has 1 N–H and O–H groups in total. The van der Waals surface area contributed by atoms with E-state index in [9.17, 15) is 13.2 Å². The molecule has 2 aromatic rings. The Bertz CT molecular complexity index is 798. The van der Waals surface area contributed by atoms with Gasteiger partial charge in [-0.2, -0.15) is 0 Å². The van der Waals surface area contributed by atoms with Gasteiger partial charge in [-0.3, -0.25) is 4.79 Å². The molecule has 0 aliphatic rings. The van der Waals surface area contributed by atoms with Gasteiger partial charge in [-0.05, 0) is 32.9 Å². The molecule has 0 saturated heterocycles. The van der Waals surface area contributed by atoms with Crippen molar-refractivity contribution in [1.29, 1.82) is 0 Å². The number of rotatable bonds is 6. The Labute approximate surface area is 141 Å². The van der Waals surface area contributed by atoms with Crippen LogP contribution in [-0.2, 0) is 10.0 Å². The van der Waals surface area contributed by atoms with Gasteiger partial charge in [0, 0.05) is 25.5 Å². The van der Waals surface area contributed by atoms with E-state index in [0.717, 1.165) is 5.56 Å². The highest BCUT2D eigenvalue weighted by molar-refractivity contribution is 7.92. The second-order valence-corrected chi connectivity index (χ2v) is 6.87. The highest BCUT2D eigenvalue weighted by Gasteiger charge is 2.17. The summed E-state index contributed by atoms with van der Waals surface area (Å²) >= 11 is 0. The van der Waals surface area contributed by atoms with Gasteiger partial charge in [-0.1, -0.05) is 17.7 Å². The zero-order chi connectivity index (χ0) is 17.7. The lowest BCUT2D eigenvalue weighted by atomic mass is 10.2. The van der Waals surface area contributed by atoms with Crippen molar-refractivity contribution in [3.8, 4) is 0 Å². The maximum absolute atomic E-state index is 12.3. The van der Waals surface area contributed by atoms with Crippen molar-refractivity contribution in [3.63, 3.8) is 0 Å². The fourth-order valence-electron chi connectivity index (χ4n) is 2.08. The molecule has 0 atom stereocenters. The summed E-state index contributed by atoms with van der Waals surface area (Å²) in [5.41, 5.74) is 1.28. The number of benzene rings is 1. The average molecular weight is 348 g/mol. The molecule has 8 heteroatoms. The highest BCUT2D eigenvalue weighted by atomic mass is 32.2. The van der Waals surface area contributed by atoms with E-state index >= 15 is 0 Å². The molecule has 7 nitrogen and oxygen atoms in total. The first kappa shape index (κ1) is 17.9. The standard InChI is InChI=1S/C16H20N4O3S/c1-4-20(5-2)15(21)13-10-17-16(18-11-13)19-24(22,23)14-8-6-12(3)7-9-14/h6-11H,4-5H2,1-3H3,(H,17,18,19). The molecule has 1 aromatic carbocycles. The molecule has 0 saturated carbocycles. The van der Waals surface area contributed by atoms with E-state index in [-0.39, 0.29) is 16.8 Å². The second-order valence-electron chi connectivity index (χ2n) is 5.19. The van der Waals surface area contributed by atoms with Crippen molar-refractivity contribution in [2.45, 2.75) is 25.7 Å². The third-order valence-electron chi connectivity index (χ3n) is 3.51. The first-order valence-electron chi connectivity index (χ1n) is 7.58. The number of carbonyl (C=O) groups excluding carboxylic acids is 1. The van der Waals surface area contributed by atoms with Crippen LogP contribution in [0.5, 0.6) is 0 Å². The fourth-order valence-corrected chi connectivity index (χ4v) is 3.04. The molecular formula is C16H20N4O3S. The molecule has 0 aliphatic heterocycles. The lowest BCUT2D eigenvalue weighted by Gasteiger charge is -2.18. The molecule has 0 aliphatic carbocycles. The van der Waals surface area contributed by atoms with E-state index in [2.05, 4.69) is 14.7 Å². The Morgan fingerprint density at radius 3 is 2.12 bits per heavy atom. The lowest BCUT2D eigenvalue weighted by Crippen LogP contribution is -2.30. The number of hydrogen-bond acceptors (Lipinski definition) is 5. The Hall–Kier alpha value is -2.48. The van der Waals surface area contributed by atoms with Crippen LogP contribution in [0.3, 0.4) is 0 Å². The Balaban J connectivity index is 2.16. The van der Waals surface area contributed by atoms with E-state index in [0.29, 0.717) is 18.7 Å². The number of sulfonamides is 1. The van der Waals surface area contributed by atoms with E-state index in [1.165, 1.54) is 24.5 Å². The Kier molecular flexibility index (Phi) is 5.50. The zero-order valence-electron chi connectivity index (χ0n) is 13.9. The van der Waals surface area contributed by atoms with Crippen LogP contribution < -0.4 is 4.72 Å². The summed E-state index contributed by atoms with van der Waals surface area (Å²) in [6.45, 7) is 6.80. The molecule has 1 amide bonds. The summed E-state index contributed by atoms with van der Waals surface area (Å²) in [7, 11) is -3.76. The van der Waals surface area contributed by atoms with Crippen molar-refractivity contribution in [2.24, 2.45) is 0 Å². The molecule has 0 radical (unpaired) electrons. The van der Waals surface area contributed by atoms with Crippen molar-refractivity contribution in [3.05, 3.63) is 47.8 Å². The van der Waals surface area contributed by atoms with Crippen LogP contribution in [0.2, 0.25) is 0 Å². The van der Waals surface area contributed by atoms with Crippen molar-refractivity contribution in [1.82, 2.24) is 14.9 Å². The molecule has 1 heterocycles. The highest BCUT2D eigenvalue weighted by Crippen LogP contribution is 2.14. The van der Waals surface area contributed by atoms with Gasteiger partial charge in [0.05, 0.1) is 10.5 Å². The van der Waals surface area contributed by atoms with Gasteiger partial charge in [-0.15, -0.1) is 0 Å². The van der Waals surface area contributed by atoms with Crippen molar-refractivity contribution >= 4 is 21.9 Å². The van der Waals surface area contributed by atoms with Gasteiger partial charge in [0.15, 0.2) is 0 Å². The quantitative estimate of drug-likeness (QED) is 0.863. The van der Waals surface area contributed by atoms with Crippen LogP contribution in [0.4, 0.5) is 5.95 Å². The smallest absolute Gasteiger partial charge is 0.264 e. The van der Waals surface area contributed by atoms with Gasteiger partial charge in [-0.25, -0.2) is 23.1 Å². The predicted octanol–water partition coefficient (Wildman–Crippen LogP) is 2.07. The number of carbonyl (C=O) groups is 1. The molecule has 0 bridgehead atoms. The molecule has 2 rings (SSSR count). The third-order valence-corrected chi connectivity index (χ3v) is 4.85. The number of amides is 1. The first-order valence-corrected chi connectivity index (χ1v) is 9.06. The summed E-state index contributed by atoms with van der Waals surface area (Å²) < 4.78 is 26.8. The zero-order valence-corrected chi connectivity index (χ0v) is 14.7. The van der Waals surface area contributed by atoms with E-state index in [4.69, 9.17) is 0 Å². The SMILES string of the molecule is CCN(CC)C(=O)c1cnc(NS(=O)(=O)c2ccc(C)cc2)nc1. The summed E-state index contributed by atoms with van der Waals surface area (Å²) in [5.74, 6) is -0.264. The van der Waals surface area contributed by atoms with Gasteiger partial charge in [0.1, 0.15) is 0 Å². The van der Waals surface area contributed by atoms with E-state index in [1.54, 1.807) is 17.0 Å². The number of aryl methyl sites for hydroxylation is 1. The maximum atomic E-state index is 12.3. The Morgan fingerprint density at radius 2 is 1.62 bits per heavy atom. The fraction of sp³-hybridized carbons (Fsp3) is 0.312. The van der Waals surface area contributed by atoms with Gasteiger partial charge >= 0.3 is 0 Å². The molecule has 0 unspecified atom stereocenters. The second kappa shape index (κ2) is 7.39. The number of hydrogen-bond donors (Lipinski definition) is 1. The van der Waals surface area contributed by atoms with Crippen LogP contribution in [0.15, 0.2) is 41.6 Å². The molecular weight excluding hydrogens is 328 g/mol. The monoisotopic (exact) mass is 348 g/mol. The van der Waals surface area contributed by atoms with Crippen molar-refractivity contribution < 1.29 is 13.2 Å². The summed E-state index contributed by atoms with van der Waals surface area (Å²) in [6, 6.07) is 6.44. The topological polar surface area (TPSA) is 92.3 Å². The molecule has 1 aromatic heterocycles. The summed E-state index contributed by atoms with van der Waals surface area (Å²) in [5, 5.41) is 0. The van der Waals surface area contributed by atoms with E-state index < -0.39 is 10.0 Å². The normalized spacial score (nSPS) is 11.1. The summed E-state index contributed by atoms with van der Waals surface area (Å²) in [6.07, 6.45) is 2.64. The first-order chi connectivity index (χ1) is 11.4. The number of nitrogens with zero attached hydrogens (tertiary/aromatic N) is 3. The molecule has 128 valence electrons. The third kappa shape index (κ3) is 4.08. The largest absolute Gasteiger partial charge is 0.339 e. The Morgan fingerprint density at radius 1 is 1.08 bits per heavy atom. The summed E-state index contributed by atoms with van der Waals surface area (Å²) in [4.78, 5) is 21.8. The number of nitrogens with one attached hydrogen (secondary N) is 1. The van der Waals surface area contributed by atoms with Gasteiger partial charge in [0.25, 0.3) is 15.9 Å². The number of anilines is 1. The molecule has 0 spiro atoms. The van der Waals surface area contributed by atoms with Crippen LogP contribution in [0.25, 0.3) is 0 Å². The predicted molar refractivity (Wildman–Crippen MR) is 91.3 cm³/mol. The molecule has 0 fully saturated rings. The minimum Gasteiger partial charge on any atom is -0.339 e. The van der Waals surface area contributed by atoms with Crippen molar-refractivity contribution in [2.75, 3.05) is 17.8 Å². The van der Waals surface area contributed by atoms with Crippen LogP contribution in [0, 0.1) is 6.92 Å². The van der Waals surface area contributed by atoms with Crippen LogP contribution in [-0.4, -0.2) is 42.3 Å². The van der Waals surface area contributed by atoms with Crippen LogP contribution in [0.1, 0.15) is 29.8 Å². The minimum absolute atomic E-state index is 0.0772. The van der Waals surface area contributed by atoms with Crippen LogP contribution >= 0.6 is 0 Å². The minimum atomic E-state index is -3.76. The lowest BCUT2D eigenvalue weighted by molar-refractivity contribution is 0.0772. The van der Waals surface area contributed by atoms with Gasteiger partial charge < -0.3 is 4.90 Å². The average Bonchev–Trinajstić information content (AvgIpc) is 2.56. The van der Waals surface area contributed by atoms with E-state index in [1.807, 2.05) is 20.8 Å². The maximum Gasteiger partial charge on any atom is 0.264 e. The molecule has 24 heavy (non-hydrogen) atoms. The van der Waals surface area contributed by atoms with Gasteiger partial charge in [0.2, 0.25) is 5.95 Å². The number of aromatic nitrogens is 2.